The van der Waals surface area contributed by atoms with Crippen LogP contribution in [0.3, 0.4) is 0 Å². The number of ether oxygens (including phenoxy) is 3. The minimum Gasteiger partial charge on any atom is -0.508 e. The van der Waals surface area contributed by atoms with Gasteiger partial charge < -0.3 is 40.1 Å². The maximum Gasteiger partial charge on any atom is 0.412 e. The molecular weight excluding hydrogens is 681 g/mol. The van der Waals surface area contributed by atoms with E-state index in [1.807, 2.05) is 73.7 Å². The Balaban J connectivity index is 0.824. The number of benzene rings is 5. The lowest BCUT2D eigenvalue weighted by atomic mass is 9.77. The number of phenolic OH excluding ortho intramolecular Hbond substituents is 1. The van der Waals surface area contributed by atoms with E-state index in [2.05, 4.69) is 21.4 Å². The molecule has 5 N–H and O–H groups in total. The number of hydrogen-bond donors (Lipinski definition) is 5. The van der Waals surface area contributed by atoms with Crippen LogP contribution >= 0.6 is 12.2 Å². The first-order valence-electron chi connectivity index (χ1n) is 17.1. The fourth-order valence-corrected chi connectivity index (χ4v) is 6.77. The molecule has 2 aliphatic heterocycles. The molecule has 7 rings (SSSR count). The third-order valence-corrected chi connectivity index (χ3v) is 9.27. The van der Waals surface area contributed by atoms with E-state index in [0.29, 0.717) is 63.5 Å². The number of esters is 1. The number of phenols is 1. The van der Waals surface area contributed by atoms with Gasteiger partial charge in [-0.05, 0) is 79.3 Å². The van der Waals surface area contributed by atoms with Gasteiger partial charge in [0.25, 0.3) is 0 Å². The summed E-state index contributed by atoms with van der Waals surface area (Å²) in [6.45, 7) is 3.28. The average Bonchev–Trinajstić information content (AvgIpc) is 3.41. The molecule has 12 heteroatoms. The lowest BCUT2D eigenvalue weighted by Gasteiger charge is -2.36. The number of aromatic hydroxyl groups is 1. The van der Waals surface area contributed by atoms with Crippen LogP contribution in [0.5, 0.6) is 23.0 Å². The van der Waals surface area contributed by atoms with Crippen molar-refractivity contribution in [3.8, 4) is 23.0 Å². The van der Waals surface area contributed by atoms with Crippen LogP contribution < -0.4 is 30.9 Å². The van der Waals surface area contributed by atoms with Crippen molar-refractivity contribution in [1.82, 2.24) is 16.1 Å². The molecule has 11 nitrogen and oxygen atoms in total. The van der Waals surface area contributed by atoms with Gasteiger partial charge in [0, 0.05) is 40.4 Å². The van der Waals surface area contributed by atoms with Crippen molar-refractivity contribution in [3.63, 3.8) is 0 Å². The molecule has 1 amide bonds. The summed E-state index contributed by atoms with van der Waals surface area (Å²) >= 11 is 5.46. The molecule has 0 aromatic heterocycles. The number of aryl methyl sites for hydroxylation is 1. The zero-order valence-electron chi connectivity index (χ0n) is 28.5. The molecule has 2 heterocycles. The highest BCUT2D eigenvalue weighted by atomic mass is 32.1. The molecule has 5 aromatic rings. The van der Waals surface area contributed by atoms with Crippen molar-refractivity contribution in [2.24, 2.45) is 0 Å². The van der Waals surface area contributed by atoms with Gasteiger partial charge in [0.15, 0.2) is 10.7 Å². The fraction of sp³-hybridized carbons (Fsp3) is 0.225. The van der Waals surface area contributed by atoms with Crippen LogP contribution in [-0.2, 0) is 15.2 Å². The van der Waals surface area contributed by atoms with Crippen molar-refractivity contribution >= 4 is 45.9 Å². The zero-order chi connectivity index (χ0) is 36.1. The lowest BCUT2D eigenvalue weighted by molar-refractivity contribution is 0.0224. The second kappa shape index (κ2) is 15.3. The van der Waals surface area contributed by atoms with E-state index in [1.165, 1.54) is 6.07 Å². The molecule has 52 heavy (non-hydrogen) atoms. The SMILES string of the molecule is Cc1ccc2c(c1)Oc1cc(O)ccc1C21OC(=O)c2cc(NC(=S)NCNOCCCCCCNC(=O)Oc3cccc4ccccc34)ccc21. The molecule has 1 atom stereocenters. The molecule has 0 saturated carbocycles. The summed E-state index contributed by atoms with van der Waals surface area (Å²) in [4.78, 5) is 31.1. The van der Waals surface area contributed by atoms with Gasteiger partial charge in [0.05, 0.1) is 18.8 Å². The number of hydrogen-bond acceptors (Lipinski definition) is 9. The summed E-state index contributed by atoms with van der Waals surface area (Å²) in [5.74, 6) is 1.10. The Bertz CT molecular complexity index is 2100. The molecule has 0 bridgehead atoms. The molecule has 266 valence electrons. The number of carbonyl (C=O) groups is 2. The van der Waals surface area contributed by atoms with Crippen molar-refractivity contribution < 1.29 is 33.7 Å². The molecule has 0 fully saturated rings. The first kappa shape index (κ1) is 34.7. The van der Waals surface area contributed by atoms with Crippen LogP contribution in [0, 0.1) is 6.92 Å². The Morgan fingerprint density at radius 2 is 1.62 bits per heavy atom. The summed E-state index contributed by atoms with van der Waals surface area (Å²) in [5.41, 5.74) is 5.65. The van der Waals surface area contributed by atoms with E-state index in [9.17, 15) is 14.7 Å². The summed E-state index contributed by atoms with van der Waals surface area (Å²) in [6.07, 6.45) is 3.12. The largest absolute Gasteiger partial charge is 0.508 e. The van der Waals surface area contributed by atoms with Gasteiger partial charge in [0.2, 0.25) is 0 Å². The van der Waals surface area contributed by atoms with E-state index in [-0.39, 0.29) is 12.4 Å². The maximum absolute atomic E-state index is 13.4. The highest BCUT2D eigenvalue weighted by molar-refractivity contribution is 7.80. The second-order valence-corrected chi connectivity index (χ2v) is 13.0. The smallest absolute Gasteiger partial charge is 0.412 e. The van der Waals surface area contributed by atoms with Crippen LogP contribution in [-0.4, -0.2) is 42.1 Å². The number of nitrogens with one attached hydrogen (secondary N) is 4. The third kappa shape index (κ3) is 7.22. The van der Waals surface area contributed by atoms with Crippen LogP contribution in [0.25, 0.3) is 10.8 Å². The van der Waals surface area contributed by atoms with Crippen LogP contribution in [0.4, 0.5) is 10.5 Å². The van der Waals surface area contributed by atoms with Crippen LogP contribution in [0.15, 0.2) is 97.1 Å². The minimum absolute atomic E-state index is 0.0501. The monoisotopic (exact) mass is 718 g/mol. The number of hydroxylamine groups is 1. The topological polar surface area (TPSA) is 139 Å². The van der Waals surface area contributed by atoms with Crippen LogP contribution in [0.2, 0.25) is 0 Å². The van der Waals surface area contributed by atoms with Gasteiger partial charge in [0.1, 0.15) is 23.0 Å². The van der Waals surface area contributed by atoms with Gasteiger partial charge in [-0.1, -0.05) is 67.4 Å². The number of rotatable bonds is 12. The highest BCUT2D eigenvalue weighted by Gasteiger charge is 2.53. The Kier molecular flexibility index (Phi) is 10.2. The summed E-state index contributed by atoms with van der Waals surface area (Å²) in [6, 6.07) is 29.4. The van der Waals surface area contributed by atoms with E-state index in [1.54, 1.807) is 24.3 Å². The molecule has 1 spiro atoms. The molecular formula is C40H38N4O7S. The van der Waals surface area contributed by atoms with Gasteiger partial charge in [-0.25, -0.2) is 9.59 Å². The average molecular weight is 719 g/mol. The van der Waals surface area contributed by atoms with Gasteiger partial charge in [-0.3, -0.25) is 0 Å². The van der Waals surface area contributed by atoms with Gasteiger partial charge in [-0.15, -0.1) is 0 Å². The molecule has 5 aromatic carbocycles. The molecule has 2 aliphatic rings. The van der Waals surface area contributed by atoms with Gasteiger partial charge >= 0.3 is 12.1 Å². The molecule has 0 radical (unpaired) electrons. The number of thiocarbonyl (C=S) groups is 1. The number of anilines is 1. The summed E-state index contributed by atoms with van der Waals surface area (Å²) in [7, 11) is 0. The van der Waals surface area contributed by atoms with Crippen molar-refractivity contribution in [2.45, 2.75) is 38.2 Å². The number of amides is 1. The molecule has 0 saturated heterocycles. The Hall–Kier alpha value is -5.69. The summed E-state index contributed by atoms with van der Waals surface area (Å²) < 4.78 is 17.9. The quantitative estimate of drug-likeness (QED) is 0.0288. The first-order chi connectivity index (χ1) is 25.3. The minimum atomic E-state index is -1.22. The Morgan fingerprint density at radius 3 is 2.50 bits per heavy atom. The van der Waals surface area contributed by atoms with E-state index in [0.717, 1.165) is 42.0 Å². The maximum atomic E-state index is 13.4. The third-order valence-electron chi connectivity index (χ3n) is 9.02. The standard InChI is InChI=1S/C40H38N4O7S/c1-25-13-16-32-35(21-25)49-36-23-28(45)15-18-33(36)40(32)31-17-14-27(22-30(31)37(46)51-40)44-38(52)42-24-43-48-20-7-3-2-6-19-41-39(47)50-34-12-8-10-26-9-4-5-11-29(26)34/h4-5,8-18,21-23,43,45H,2-3,6-7,19-20,24H2,1H3,(H,41,47)(H2,42,44,52). The Morgan fingerprint density at radius 1 is 0.846 bits per heavy atom. The number of carbonyl (C=O) groups excluding carboxylic acids is 2. The lowest BCUT2D eigenvalue weighted by Crippen LogP contribution is -2.36. The van der Waals surface area contributed by atoms with E-state index < -0.39 is 17.7 Å². The van der Waals surface area contributed by atoms with Gasteiger partial charge in [-0.2, -0.15) is 5.48 Å². The van der Waals surface area contributed by atoms with E-state index in [4.69, 9.17) is 31.3 Å². The zero-order valence-corrected chi connectivity index (χ0v) is 29.3. The second-order valence-electron chi connectivity index (χ2n) is 12.6. The number of unbranched alkanes of at least 4 members (excludes halogenated alkanes) is 3. The normalized spacial score (nSPS) is 15.2. The molecule has 0 aliphatic carbocycles. The predicted molar refractivity (Wildman–Crippen MR) is 201 cm³/mol. The highest BCUT2D eigenvalue weighted by Crippen LogP contribution is 2.56. The van der Waals surface area contributed by atoms with E-state index >= 15 is 0 Å². The molecule has 1 unspecified atom stereocenters. The van der Waals surface area contributed by atoms with Crippen molar-refractivity contribution in [1.29, 1.82) is 0 Å². The van der Waals surface area contributed by atoms with Crippen molar-refractivity contribution in [3.05, 3.63) is 125 Å². The van der Waals surface area contributed by atoms with Crippen molar-refractivity contribution in [2.75, 3.05) is 25.1 Å². The van der Waals surface area contributed by atoms with Crippen LogP contribution in [0.1, 0.15) is 58.3 Å². The fourth-order valence-electron chi connectivity index (χ4n) is 6.58. The first-order valence-corrected chi connectivity index (χ1v) is 17.6. The number of fused-ring (bicyclic) bond motifs is 7. The predicted octanol–water partition coefficient (Wildman–Crippen LogP) is 7.54. The Labute approximate surface area is 306 Å². The summed E-state index contributed by atoms with van der Waals surface area (Å²) in [5, 5.41) is 21.4.